The number of carbonyl (C=O) groups is 1. The molecule has 0 unspecified atom stereocenters. The molecule has 0 saturated heterocycles. The number of carboxylic acid groups (broad SMARTS) is 1. The number of halogens is 1. The molecule has 5 nitrogen and oxygen atoms in total. The van der Waals surface area contributed by atoms with E-state index in [1.54, 1.807) is 0 Å². The van der Waals surface area contributed by atoms with Crippen molar-refractivity contribution in [3.05, 3.63) is 45.8 Å². The van der Waals surface area contributed by atoms with Gasteiger partial charge in [-0.05, 0) is 13.8 Å². The van der Waals surface area contributed by atoms with Gasteiger partial charge in [0.1, 0.15) is 16.8 Å². The predicted octanol–water partition coefficient (Wildman–Crippen LogP) is 1.50. The van der Waals surface area contributed by atoms with E-state index < -0.39 is 21.8 Å². The van der Waals surface area contributed by atoms with Crippen LogP contribution >= 0.6 is 11.6 Å². The summed E-state index contributed by atoms with van der Waals surface area (Å²) in [6, 6.07) is 7.84. The molecule has 0 fully saturated rings. The molecule has 0 spiro atoms. The molecule has 1 aromatic rings. The van der Waals surface area contributed by atoms with Crippen molar-refractivity contribution in [1.29, 1.82) is 0 Å². The zero-order valence-corrected chi connectivity index (χ0v) is 13.9. The van der Waals surface area contributed by atoms with E-state index in [2.05, 4.69) is 43.8 Å². The van der Waals surface area contributed by atoms with Gasteiger partial charge in [0.25, 0.3) is 0 Å². The predicted molar refractivity (Wildman–Crippen MR) is 83.6 cm³/mol. The Labute approximate surface area is 130 Å². The zero-order chi connectivity index (χ0) is 16.6. The molecule has 0 amide bonds. The van der Waals surface area contributed by atoms with Crippen LogP contribution in [0.5, 0.6) is 0 Å². The molecule has 0 radical (unpaired) electrons. The van der Waals surface area contributed by atoms with Crippen LogP contribution < -0.4 is 5.73 Å². The van der Waals surface area contributed by atoms with Crippen molar-refractivity contribution in [2.45, 2.75) is 26.3 Å². The molecule has 4 N–H and O–H groups in total. The summed E-state index contributed by atoms with van der Waals surface area (Å²) in [6.45, 7) is 4.19. The fourth-order valence-corrected chi connectivity index (χ4v) is 1.85. The number of sulfone groups is 1. The molecule has 0 heterocycles. The summed E-state index contributed by atoms with van der Waals surface area (Å²) >= 11 is 5.38. The van der Waals surface area contributed by atoms with Crippen LogP contribution in [0.2, 0.25) is 0 Å². The lowest BCUT2D eigenvalue weighted by Crippen LogP contribution is -2.60. The highest BCUT2D eigenvalue weighted by Gasteiger charge is 2.14. The van der Waals surface area contributed by atoms with E-state index >= 15 is 0 Å². The first kappa shape index (κ1) is 19.6. The smallest absolute Gasteiger partial charge is 0.309 e. The molecule has 0 saturated carbocycles. The maximum Gasteiger partial charge on any atom is 0.309 e. The lowest BCUT2D eigenvalue weighted by atomic mass is 10.2. The Hall–Kier alpha value is -1.37. The van der Waals surface area contributed by atoms with Crippen LogP contribution in [0.4, 0.5) is 0 Å². The SMILES string of the molecule is CS(=O)(=O)/C(Cl)=C/[C@@H]([NH3+])CC(=O)O.Cc1ccc(C)cc1. The van der Waals surface area contributed by atoms with E-state index in [-0.39, 0.29) is 10.8 Å². The number of rotatable bonds is 4. The Morgan fingerprint density at radius 2 is 1.67 bits per heavy atom. The monoisotopic (exact) mass is 334 g/mol. The van der Waals surface area contributed by atoms with Crippen LogP contribution in [0.3, 0.4) is 0 Å². The molecule has 1 atom stereocenters. The molecule has 0 aliphatic carbocycles. The summed E-state index contributed by atoms with van der Waals surface area (Å²) in [5.41, 5.74) is 6.08. The summed E-state index contributed by atoms with van der Waals surface area (Å²) in [4.78, 5) is 10.2. The summed E-state index contributed by atoms with van der Waals surface area (Å²) in [5, 5.41) is 8.34. The average molecular weight is 335 g/mol. The number of hydrogen-bond acceptors (Lipinski definition) is 3. The van der Waals surface area contributed by atoms with Gasteiger partial charge in [-0.2, -0.15) is 0 Å². The maximum absolute atomic E-state index is 10.8. The second-order valence-electron chi connectivity index (χ2n) is 4.76. The van der Waals surface area contributed by atoms with Crippen LogP contribution in [0, 0.1) is 13.8 Å². The second-order valence-corrected chi connectivity index (χ2v) is 7.37. The van der Waals surface area contributed by atoms with Crippen molar-refractivity contribution < 1.29 is 24.1 Å². The summed E-state index contributed by atoms with van der Waals surface area (Å²) in [5.74, 6) is -1.05. The highest BCUT2D eigenvalue weighted by Crippen LogP contribution is 2.10. The lowest BCUT2D eigenvalue weighted by molar-refractivity contribution is -0.402. The van der Waals surface area contributed by atoms with Gasteiger partial charge in [0, 0.05) is 12.3 Å². The van der Waals surface area contributed by atoms with Gasteiger partial charge in [0.05, 0.1) is 0 Å². The van der Waals surface area contributed by atoms with Crippen molar-refractivity contribution in [2.24, 2.45) is 0 Å². The Bertz CT molecular complexity index is 573. The number of aliphatic carboxylic acids is 1. The Morgan fingerprint density at radius 1 is 1.29 bits per heavy atom. The molecule has 1 rings (SSSR count). The minimum atomic E-state index is -3.44. The average Bonchev–Trinajstić information content (AvgIpc) is 2.31. The van der Waals surface area contributed by atoms with E-state index in [1.807, 2.05) is 0 Å². The van der Waals surface area contributed by atoms with Gasteiger partial charge in [-0.25, -0.2) is 8.42 Å². The molecular weight excluding hydrogens is 314 g/mol. The van der Waals surface area contributed by atoms with Gasteiger partial charge in [0.2, 0.25) is 0 Å². The van der Waals surface area contributed by atoms with Gasteiger partial charge >= 0.3 is 5.97 Å². The minimum Gasteiger partial charge on any atom is -0.481 e. The third-order valence-corrected chi connectivity index (χ3v) is 4.19. The molecule has 21 heavy (non-hydrogen) atoms. The second kappa shape index (κ2) is 8.81. The van der Waals surface area contributed by atoms with Crippen LogP contribution in [0.25, 0.3) is 0 Å². The largest absolute Gasteiger partial charge is 0.481 e. The number of carboxylic acids is 1. The topological polar surface area (TPSA) is 99.1 Å². The molecule has 0 aliphatic heterocycles. The van der Waals surface area contributed by atoms with Gasteiger partial charge < -0.3 is 10.8 Å². The Kier molecular flexibility index (Phi) is 8.24. The van der Waals surface area contributed by atoms with Gasteiger partial charge in [-0.15, -0.1) is 0 Å². The first-order chi connectivity index (χ1) is 9.52. The quantitative estimate of drug-likeness (QED) is 0.871. The van der Waals surface area contributed by atoms with Gasteiger partial charge in [-0.1, -0.05) is 47.0 Å². The first-order valence-corrected chi connectivity index (χ1v) is 8.45. The van der Waals surface area contributed by atoms with Gasteiger partial charge in [0.15, 0.2) is 9.84 Å². The number of aryl methyl sites for hydroxylation is 2. The number of benzene rings is 1. The zero-order valence-electron chi connectivity index (χ0n) is 12.3. The van der Waals surface area contributed by atoms with E-state index in [1.165, 1.54) is 11.1 Å². The molecule has 1 aromatic carbocycles. The van der Waals surface area contributed by atoms with E-state index in [0.717, 1.165) is 12.3 Å². The van der Waals surface area contributed by atoms with Gasteiger partial charge in [-0.3, -0.25) is 4.79 Å². The van der Waals surface area contributed by atoms with Crippen molar-refractivity contribution >= 4 is 27.4 Å². The van der Waals surface area contributed by atoms with Crippen molar-refractivity contribution in [1.82, 2.24) is 0 Å². The minimum absolute atomic E-state index is 0.244. The van der Waals surface area contributed by atoms with E-state index in [9.17, 15) is 13.2 Å². The van der Waals surface area contributed by atoms with Crippen LogP contribution in [-0.4, -0.2) is 31.8 Å². The summed E-state index contributed by atoms with van der Waals surface area (Å²) in [7, 11) is -3.44. The fraction of sp³-hybridized carbons (Fsp3) is 0.357. The van der Waals surface area contributed by atoms with Crippen molar-refractivity contribution in [2.75, 3.05) is 6.26 Å². The van der Waals surface area contributed by atoms with E-state index in [4.69, 9.17) is 16.7 Å². The van der Waals surface area contributed by atoms with Crippen molar-refractivity contribution in [3.63, 3.8) is 0 Å². The summed E-state index contributed by atoms with van der Waals surface area (Å²) in [6.07, 6.45) is 1.82. The lowest BCUT2D eigenvalue weighted by Gasteiger charge is -1.99. The standard InChI is InChI=1S/C8H10.C6H10ClNO4S/c1-7-3-5-8(2)6-4-7;1-13(11,12)5(7)2-4(8)3-6(9)10/h3-6H,1-2H3;2,4H,3,8H2,1H3,(H,9,10)/p+1/b;5-2+/t;4-/m.1/s1. The Morgan fingerprint density at radius 3 is 1.95 bits per heavy atom. The normalized spacial score (nSPS) is 13.1. The third-order valence-electron chi connectivity index (χ3n) is 2.38. The maximum atomic E-state index is 10.8. The third kappa shape index (κ3) is 10.1. The Balaban J connectivity index is 0.000000423. The molecule has 118 valence electrons. The van der Waals surface area contributed by atoms with E-state index in [0.29, 0.717) is 0 Å². The van der Waals surface area contributed by atoms with Crippen LogP contribution in [0.1, 0.15) is 17.5 Å². The first-order valence-electron chi connectivity index (χ1n) is 6.18. The molecule has 0 aliphatic rings. The fourth-order valence-electron chi connectivity index (χ4n) is 1.23. The highest BCUT2D eigenvalue weighted by atomic mass is 35.5. The number of quaternary nitrogens is 1. The number of hydrogen-bond donors (Lipinski definition) is 2. The highest BCUT2D eigenvalue weighted by molar-refractivity contribution is 7.96. The van der Waals surface area contributed by atoms with Crippen molar-refractivity contribution in [3.8, 4) is 0 Å². The molecule has 7 heteroatoms. The van der Waals surface area contributed by atoms with Crippen LogP contribution in [-0.2, 0) is 14.6 Å². The van der Waals surface area contributed by atoms with Crippen LogP contribution in [0.15, 0.2) is 34.7 Å². The molecule has 0 aromatic heterocycles. The molecular formula is C14H21ClNO4S+. The molecule has 0 bridgehead atoms. The summed E-state index contributed by atoms with van der Waals surface area (Å²) < 4.78 is 21.2.